The second kappa shape index (κ2) is 7.46. The summed E-state index contributed by atoms with van der Waals surface area (Å²) in [7, 11) is 0. The molecule has 1 saturated heterocycles. The van der Waals surface area contributed by atoms with Crippen molar-refractivity contribution in [3.05, 3.63) is 82.7 Å². The third-order valence-corrected chi connectivity index (χ3v) is 8.26. The van der Waals surface area contributed by atoms with Crippen LogP contribution in [0.5, 0.6) is 0 Å². The molecule has 3 aliphatic rings. The molecule has 0 radical (unpaired) electrons. The molecule has 0 saturated carbocycles. The Balaban J connectivity index is 1.24. The number of para-hydroxylation sites is 2. The molecule has 4 nitrogen and oxygen atoms in total. The predicted octanol–water partition coefficient (Wildman–Crippen LogP) is 5.95. The molecule has 4 aromatic rings. The minimum absolute atomic E-state index is 0.473. The molecular formula is C29H30N4. The van der Waals surface area contributed by atoms with Crippen LogP contribution in [-0.2, 0) is 12.8 Å². The maximum atomic E-state index is 5.05. The van der Waals surface area contributed by atoms with E-state index < -0.39 is 0 Å². The van der Waals surface area contributed by atoms with Crippen LogP contribution in [0.4, 0.5) is 0 Å². The van der Waals surface area contributed by atoms with Gasteiger partial charge in [-0.2, -0.15) is 0 Å². The summed E-state index contributed by atoms with van der Waals surface area (Å²) in [4.78, 5) is 15.3. The molecular weight excluding hydrogens is 404 g/mol. The fourth-order valence-electron chi connectivity index (χ4n) is 6.64. The van der Waals surface area contributed by atoms with Crippen LogP contribution in [0.2, 0.25) is 0 Å². The summed E-state index contributed by atoms with van der Waals surface area (Å²) in [5.74, 6) is 0.532. The Labute approximate surface area is 194 Å². The zero-order chi connectivity index (χ0) is 21.9. The van der Waals surface area contributed by atoms with E-state index in [-0.39, 0.29) is 0 Å². The van der Waals surface area contributed by atoms with E-state index in [1.165, 1.54) is 44.5 Å². The number of aliphatic imine (C=N–C) groups is 1. The summed E-state index contributed by atoms with van der Waals surface area (Å²) in [6.45, 7) is 5.35. The highest BCUT2D eigenvalue weighted by atomic mass is 15.2. The van der Waals surface area contributed by atoms with E-state index in [1.807, 2.05) is 0 Å². The first-order chi connectivity index (χ1) is 16.3. The Morgan fingerprint density at radius 3 is 2.55 bits per heavy atom. The van der Waals surface area contributed by atoms with E-state index in [9.17, 15) is 0 Å². The van der Waals surface area contributed by atoms with Gasteiger partial charge in [-0.15, -0.1) is 0 Å². The maximum absolute atomic E-state index is 5.05. The van der Waals surface area contributed by atoms with Crippen LogP contribution < -0.4 is 0 Å². The monoisotopic (exact) mass is 434 g/mol. The van der Waals surface area contributed by atoms with Gasteiger partial charge < -0.3 is 9.97 Å². The van der Waals surface area contributed by atoms with Crippen molar-refractivity contribution in [1.82, 2.24) is 14.9 Å². The molecule has 0 amide bonds. The number of H-pyrrole nitrogens is 2. The zero-order valence-electron chi connectivity index (χ0n) is 19.2. The molecule has 3 aliphatic heterocycles. The maximum Gasteiger partial charge on any atom is 0.0638 e. The lowest BCUT2D eigenvalue weighted by atomic mass is 9.78. The number of rotatable bonds is 2. The number of hydrogen-bond donors (Lipinski definition) is 2. The van der Waals surface area contributed by atoms with Crippen molar-refractivity contribution in [2.45, 2.75) is 38.6 Å². The largest absolute Gasteiger partial charge is 0.357 e. The van der Waals surface area contributed by atoms with Gasteiger partial charge in [0.15, 0.2) is 0 Å². The second-order valence-electron chi connectivity index (χ2n) is 9.90. The molecule has 4 heteroatoms. The summed E-state index contributed by atoms with van der Waals surface area (Å²) in [5.41, 5.74) is 11.1. The number of nitrogens with zero attached hydrogens (tertiary/aromatic N) is 2. The van der Waals surface area contributed by atoms with Gasteiger partial charge in [0.25, 0.3) is 0 Å². The molecule has 0 aliphatic carbocycles. The Morgan fingerprint density at radius 1 is 0.970 bits per heavy atom. The number of fused-ring (bicyclic) bond motifs is 8. The summed E-state index contributed by atoms with van der Waals surface area (Å²) >= 11 is 0. The Hall–Kier alpha value is -3.11. The average Bonchev–Trinajstić information content (AvgIpc) is 3.43. The number of nitrogens with one attached hydrogen (secondary N) is 2. The lowest BCUT2D eigenvalue weighted by Gasteiger charge is -2.44. The second-order valence-corrected chi connectivity index (χ2v) is 9.90. The molecule has 2 N–H and O–H groups in total. The van der Waals surface area contributed by atoms with Crippen molar-refractivity contribution in [3.63, 3.8) is 0 Å². The molecule has 7 rings (SSSR count). The van der Waals surface area contributed by atoms with Crippen molar-refractivity contribution >= 4 is 27.5 Å². The van der Waals surface area contributed by atoms with E-state index in [2.05, 4.69) is 76.4 Å². The van der Waals surface area contributed by atoms with E-state index in [0.29, 0.717) is 12.0 Å². The number of hydrogen-bond acceptors (Lipinski definition) is 2. The Morgan fingerprint density at radius 2 is 1.73 bits per heavy atom. The van der Waals surface area contributed by atoms with E-state index >= 15 is 0 Å². The minimum atomic E-state index is 0.473. The van der Waals surface area contributed by atoms with Gasteiger partial charge in [-0.3, -0.25) is 9.89 Å². The van der Waals surface area contributed by atoms with Crippen LogP contribution in [0.25, 0.3) is 21.8 Å². The smallest absolute Gasteiger partial charge is 0.0638 e. The lowest BCUT2D eigenvalue weighted by molar-refractivity contribution is 0.140. The first-order valence-electron chi connectivity index (χ1n) is 12.4. The molecule has 2 atom stereocenters. The van der Waals surface area contributed by atoms with E-state index in [4.69, 9.17) is 4.99 Å². The number of aromatic nitrogens is 2. The molecule has 2 aromatic heterocycles. The predicted molar refractivity (Wildman–Crippen MR) is 136 cm³/mol. The SMILES string of the molecule is CC=C1CN2CCc3c([nH]c4ccccc34)C2CC1CC1=NCCc2c1[nH]c1ccccc21. The summed E-state index contributed by atoms with van der Waals surface area (Å²) in [5, 5.41) is 2.79. The normalized spacial score (nSPS) is 24.0. The highest BCUT2D eigenvalue weighted by Gasteiger charge is 2.38. The van der Waals surface area contributed by atoms with Crippen LogP contribution in [0, 0.1) is 5.92 Å². The number of piperidine rings is 1. The number of benzene rings is 2. The van der Waals surface area contributed by atoms with Crippen LogP contribution in [0.1, 0.15) is 48.3 Å². The molecule has 5 heterocycles. The van der Waals surface area contributed by atoms with Crippen LogP contribution in [-0.4, -0.2) is 40.2 Å². The van der Waals surface area contributed by atoms with Crippen molar-refractivity contribution < 1.29 is 0 Å². The van der Waals surface area contributed by atoms with E-state index in [1.54, 1.807) is 11.1 Å². The summed E-state index contributed by atoms with van der Waals surface area (Å²) in [6.07, 6.45) is 6.74. The molecule has 2 unspecified atom stereocenters. The van der Waals surface area contributed by atoms with Crippen molar-refractivity contribution in [1.29, 1.82) is 0 Å². The molecule has 2 aromatic carbocycles. The highest BCUT2D eigenvalue weighted by Crippen LogP contribution is 2.44. The lowest BCUT2D eigenvalue weighted by Crippen LogP contribution is -2.43. The summed E-state index contributed by atoms with van der Waals surface area (Å²) < 4.78 is 0. The van der Waals surface area contributed by atoms with Gasteiger partial charge in [-0.05, 0) is 61.8 Å². The zero-order valence-corrected chi connectivity index (χ0v) is 19.2. The average molecular weight is 435 g/mol. The third kappa shape index (κ3) is 2.97. The fourth-order valence-corrected chi connectivity index (χ4v) is 6.64. The van der Waals surface area contributed by atoms with Crippen molar-refractivity contribution in [3.8, 4) is 0 Å². The van der Waals surface area contributed by atoms with Crippen LogP contribution in [0.15, 0.2) is 65.2 Å². The molecule has 0 bridgehead atoms. The van der Waals surface area contributed by atoms with Crippen molar-refractivity contribution in [2.24, 2.45) is 10.9 Å². The molecule has 33 heavy (non-hydrogen) atoms. The molecule has 1 fully saturated rings. The van der Waals surface area contributed by atoms with E-state index in [0.717, 1.165) is 45.3 Å². The Bertz CT molecular complexity index is 1430. The van der Waals surface area contributed by atoms with Crippen molar-refractivity contribution in [2.75, 3.05) is 19.6 Å². The summed E-state index contributed by atoms with van der Waals surface area (Å²) in [6, 6.07) is 18.0. The van der Waals surface area contributed by atoms with Crippen LogP contribution in [0.3, 0.4) is 0 Å². The van der Waals surface area contributed by atoms with Crippen LogP contribution >= 0.6 is 0 Å². The van der Waals surface area contributed by atoms with Gasteiger partial charge in [-0.25, -0.2) is 0 Å². The number of aromatic amines is 2. The van der Waals surface area contributed by atoms with Gasteiger partial charge in [0.2, 0.25) is 0 Å². The number of allylic oxidation sites excluding steroid dienone is 1. The first kappa shape index (κ1) is 19.4. The fraction of sp³-hybridized carbons (Fsp3) is 0.345. The third-order valence-electron chi connectivity index (χ3n) is 8.26. The van der Waals surface area contributed by atoms with Gasteiger partial charge in [0.05, 0.1) is 17.4 Å². The quantitative estimate of drug-likeness (QED) is 0.376. The van der Waals surface area contributed by atoms with Gasteiger partial charge in [0.1, 0.15) is 0 Å². The minimum Gasteiger partial charge on any atom is -0.357 e. The first-order valence-corrected chi connectivity index (χ1v) is 12.4. The highest BCUT2D eigenvalue weighted by molar-refractivity contribution is 6.06. The standard InChI is InChI=1S/C29H30N4/c1-2-18-17-33-14-12-23-21-8-4-6-10-25(21)32-29(23)27(33)16-19(18)15-26-28-22(11-13-30-26)20-7-3-5-9-24(20)31-28/h2-10,19,27,31-32H,11-17H2,1H3. The van der Waals surface area contributed by atoms with Gasteiger partial charge in [-0.1, -0.05) is 48.0 Å². The molecule has 0 spiro atoms. The Kier molecular flexibility index (Phi) is 4.38. The van der Waals surface area contributed by atoms with Gasteiger partial charge >= 0.3 is 0 Å². The van der Waals surface area contributed by atoms with Gasteiger partial charge in [0, 0.05) is 47.1 Å². The molecule has 166 valence electrons. The topological polar surface area (TPSA) is 47.2 Å².